The normalized spacial score (nSPS) is 16.1. The topological polar surface area (TPSA) is 58.1 Å². The highest BCUT2D eigenvalue weighted by molar-refractivity contribution is 5.99. The van der Waals surface area contributed by atoms with Crippen molar-refractivity contribution in [3.05, 3.63) is 18.1 Å². The molecule has 0 atom stereocenters. The van der Waals surface area contributed by atoms with Gasteiger partial charge in [0.25, 0.3) is 5.91 Å². The van der Waals surface area contributed by atoms with E-state index in [1.165, 1.54) is 6.33 Å². The van der Waals surface area contributed by atoms with Gasteiger partial charge in [0.05, 0.1) is 0 Å². The maximum absolute atomic E-state index is 11.4. The first-order valence-corrected chi connectivity index (χ1v) is 4.08. The number of amides is 1. The molecule has 0 spiro atoms. The van der Waals surface area contributed by atoms with Crippen LogP contribution in [0.4, 0.5) is 5.82 Å². The summed E-state index contributed by atoms with van der Waals surface area (Å²) < 4.78 is 0. The van der Waals surface area contributed by atoms with Crippen LogP contribution in [0, 0.1) is 0 Å². The number of carbonyl (C=O) groups is 1. The lowest BCUT2D eigenvalue weighted by Gasteiger charge is -2.15. The number of hydrogen-bond donors (Lipinski definition) is 1. The Kier molecular flexibility index (Phi) is 1.84. The van der Waals surface area contributed by atoms with Gasteiger partial charge in [-0.2, -0.15) is 0 Å². The van der Waals surface area contributed by atoms with Crippen molar-refractivity contribution in [2.45, 2.75) is 0 Å². The highest BCUT2D eigenvalue weighted by atomic mass is 16.1. The second kappa shape index (κ2) is 3.01. The van der Waals surface area contributed by atoms with Crippen molar-refractivity contribution >= 4 is 11.7 Å². The van der Waals surface area contributed by atoms with Crippen molar-refractivity contribution < 1.29 is 4.79 Å². The van der Waals surface area contributed by atoms with Crippen LogP contribution in [-0.2, 0) is 0 Å². The molecule has 2 rings (SSSR count). The zero-order chi connectivity index (χ0) is 9.26. The van der Waals surface area contributed by atoms with Crippen LogP contribution in [0.2, 0.25) is 0 Å². The number of nitrogens with one attached hydrogen (secondary N) is 1. The standard InChI is InChI=1S/C8H10N4O/c1-12-3-2-10-8(13)6-4-9-5-11-7(6)12/h4-5H,2-3H2,1H3,(H,10,13). The number of carbonyl (C=O) groups excluding carboxylic acids is 1. The molecule has 1 aromatic heterocycles. The summed E-state index contributed by atoms with van der Waals surface area (Å²) in [6.07, 6.45) is 2.99. The van der Waals surface area contributed by atoms with Gasteiger partial charge >= 0.3 is 0 Å². The third kappa shape index (κ3) is 1.32. The van der Waals surface area contributed by atoms with Gasteiger partial charge in [-0.15, -0.1) is 0 Å². The van der Waals surface area contributed by atoms with Gasteiger partial charge in [-0.3, -0.25) is 4.79 Å². The van der Waals surface area contributed by atoms with E-state index in [0.29, 0.717) is 17.9 Å². The van der Waals surface area contributed by atoms with E-state index in [0.717, 1.165) is 6.54 Å². The minimum Gasteiger partial charge on any atom is -0.357 e. The lowest BCUT2D eigenvalue weighted by Crippen LogP contribution is -2.27. The number of likely N-dealkylation sites (N-methyl/N-ethyl adjacent to an activating group) is 1. The van der Waals surface area contributed by atoms with Crippen LogP contribution in [0.5, 0.6) is 0 Å². The molecule has 0 radical (unpaired) electrons. The van der Waals surface area contributed by atoms with Crippen LogP contribution < -0.4 is 10.2 Å². The van der Waals surface area contributed by atoms with E-state index in [2.05, 4.69) is 15.3 Å². The van der Waals surface area contributed by atoms with Crippen LogP contribution in [-0.4, -0.2) is 36.0 Å². The van der Waals surface area contributed by atoms with Crippen molar-refractivity contribution in [3.63, 3.8) is 0 Å². The molecule has 0 bridgehead atoms. The Balaban J connectivity index is 2.51. The minimum absolute atomic E-state index is 0.0973. The minimum atomic E-state index is -0.0973. The molecule has 0 fully saturated rings. The number of hydrogen-bond acceptors (Lipinski definition) is 4. The van der Waals surface area contributed by atoms with Gasteiger partial charge in [-0.05, 0) is 0 Å². The molecule has 68 valence electrons. The van der Waals surface area contributed by atoms with Crippen molar-refractivity contribution in [1.82, 2.24) is 15.3 Å². The Morgan fingerprint density at radius 3 is 3.31 bits per heavy atom. The van der Waals surface area contributed by atoms with Crippen LogP contribution in [0.3, 0.4) is 0 Å². The SMILES string of the molecule is CN1CCNC(=O)c2cncnc21. The van der Waals surface area contributed by atoms with E-state index in [-0.39, 0.29) is 5.91 Å². The largest absolute Gasteiger partial charge is 0.357 e. The fourth-order valence-corrected chi connectivity index (χ4v) is 1.33. The molecule has 1 N–H and O–H groups in total. The van der Waals surface area contributed by atoms with E-state index in [4.69, 9.17) is 0 Å². The zero-order valence-corrected chi connectivity index (χ0v) is 7.32. The van der Waals surface area contributed by atoms with E-state index in [1.54, 1.807) is 6.20 Å². The average Bonchev–Trinajstić information content (AvgIpc) is 2.29. The summed E-state index contributed by atoms with van der Waals surface area (Å²) in [6, 6.07) is 0. The number of rotatable bonds is 0. The summed E-state index contributed by atoms with van der Waals surface area (Å²) in [5, 5.41) is 2.77. The number of aromatic nitrogens is 2. The first kappa shape index (κ1) is 7.97. The van der Waals surface area contributed by atoms with Crippen LogP contribution in [0.25, 0.3) is 0 Å². The number of anilines is 1. The van der Waals surface area contributed by atoms with Gasteiger partial charge in [-0.25, -0.2) is 9.97 Å². The molecule has 1 aliphatic rings. The molecule has 0 unspecified atom stereocenters. The lowest BCUT2D eigenvalue weighted by atomic mass is 10.3. The molecule has 13 heavy (non-hydrogen) atoms. The van der Waals surface area contributed by atoms with E-state index in [9.17, 15) is 4.79 Å². The summed E-state index contributed by atoms with van der Waals surface area (Å²) in [5.41, 5.74) is 0.544. The number of nitrogens with zero attached hydrogens (tertiary/aromatic N) is 3. The summed E-state index contributed by atoms with van der Waals surface area (Å²) in [7, 11) is 1.91. The molecule has 0 aliphatic carbocycles. The van der Waals surface area contributed by atoms with Crippen LogP contribution in [0.1, 0.15) is 10.4 Å². The van der Waals surface area contributed by atoms with Crippen molar-refractivity contribution in [1.29, 1.82) is 0 Å². The molecule has 0 aromatic carbocycles. The Morgan fingerprint density at radius 1 is 1.62 bits per heavy atom. The Labute approximate surface area is 75.8 Å². The first-order chi connectivity index (χ1) is 6.29. The predicted molar refractivity (Wildman–Crippen MR) is 47.6 cm³/mol. The van der Waals surface area contributed by atoms with Gasteiger partial charge in [0.2, 0.25) is 0 Å². The summed E-state index contributed by atoms with van der Waals surface area (Å²) in [4.78, 5) is 21.3. The van der Waals surface area contributed by atoms with Gasteiger partial charge in [0, 0.05) is 26.3 Å². The predicted octanol–water partition coefficient (Wildman–Crippen LogP) is -0.344. The maximum atomic E-state index is 11.4. The van der Waals surface area contributed by atoms with Gasteiger partial charge in [-0.1, -0.05) is 0 Å². The molecule has 5 nitrogen and oxygen atoms in total. The third-order valence-electron chi connectivity index (χ3n) is 2.03. The molecule has 1 aliphatic heterocycles. The molecule has 2 heterocycles. The Hall–Kier alpha value is -1.65. The highest BCUT2D eigenvalue weighted by Crippen LogP contribution is 2.15. The van der Waals surface area contributed by atoms with Crippen molar-refractivity contribution in [3.8, 4) is 0 Å². The molecular weight excluding hydrogens is 168 g/mol. The molecular formula is C8H10N4O. The smallest absolute Gasteiger partial charge is 0.256 e. The van der Waals surface area contributed by atoms with Gasteiger partial charge in [0.1, 0.15) is 17.7 Å². The Bertz CT molecular complexity index is 339. The van der Waals surface area contributed by atoms with Crippen LogP contribution in [0.15, 0.2) is 12.5 Å². The molecule has 5 heteroatoms. The van der Waals surface area contributed by atoms with E-state index in [1.807, 2.05) is 11.9 Å². The summed E-state index contributed by atoms with van der Waals surface area (Å²) in [6.45, 7) is 1.42. The van der Waals surface area contributed by atoms with Gasteiger partial charge < -0.3 is 10.2 Å². The van der Waals surface area contributed by atoms with Crippen molar-refractivity contribution in [2.24, 2.45) is 0 Å². The molecule has 1 aromatic rings. The first-order valence-electron chi connectivity index (χ1n) is 4.08. The third-order valence-corrected chi connectivity index (χ3v) is 2.03. The van der Waals surface area contributed by atoms with Gasteiger partial charge in [0.15, 0.2) is 0 Å². The summed E-state index contributed by atoms with van der Waals surface area (Å²) >= 11 is 0. The van der Waals surface area contributed by atoms with E-state index >= 15 is 0 Å². The van der Waals surface area contributed by atoms with E-state index < -0.39 is 0 Å². The Morgan fingerprint density at radius 2 is 2.46 bits per heavy atom. The van der Waals surface area contributed by atoms with Crippen molar-refractivity contribution in [2.75, 3.05) is 25.0 Å². The second-order valence-electron chi connectivity index (χ2n) is 2.94. The second-order valence-corrected chi connectivity index (χ2v) is 2.94. The highest BCUT2D eigenvalue weighted by Gasteiger charge is 2.18. The molecule has 1 amide bonds. The lowest BCUT2D eigenvalue weighted by molar-refractivity contribution is 0.0957. The summed E-state index contributed by atoms with van der Waals surface area (Å²) in [5.74, 6) is 0.602. The quantitative estimate of drug-likeness (QED) is 0.590. The maximum Gasteiger partial charge on any atom is 0.256 e. The van der Waals surface area contributed by atoms with Crippen LogP contribution >= 0.6 is 0 Å². The zero-order valence-electron chi connectivity index (χ0n) is 7.32. The number of fused-ring (bicyclic) bond motifs is 1. The molecule has 0 saturated carbocycles. The monoisotopic (exact) mass is 178 g/mol. The molecule has 0 saturated heterocycles. The fraction of sp³-hybridized carbons (Fsp3) is 0.375. The fourth-order valence-electron chi connectivity index (χ4n) is 1.33. The average molecular weight is 178 g/mol.